The maximum Gasteiger partial charge on any atom is 0.124 e. The second-order valence-electron chi connectivity index (χ2n) is 5.09. The Balaban J connectivity index is 1.94. The molecule has 0 bridgehead atoms. The van der Waals surface area contributed by atoms with Gasteiger partial charge in [0.2, 0.25) is 0 Å². The van der Waals surface area contributed by atoms with Crippen molar-refractivity contribution in [2.24, 2.45) is 0 Å². The minimum absolute atomic E-state index is 0.0810. The molecule has 0 spiro atoms. The van der Waals surface area contributed by atoms with Crippen molar-refractivity contribution in [1.29, 1.82) is 0 Å². The summed E-state index contributed by atoms with van der Waals surface area (Å²) in [4.78, 5) is 2.41. The molecule has 1 unspecified atom stereocenters. The largest absolute Gasteiger partial charge is 0.492 e. The fourth-order valence-corrected chi connectivity index (χ4v) is 2.44. The molecule has 0 aromatic heterocycles. The van der Waals surface area contributed by atoms with E-state index < -0.39 is 0 Å². The van der Waals surface area contributed by atoms with Crippen LogP contribution in [0, 0.1) is 5.82 Å². The Morgan fingerprint density at radius 1 is 1.37 bits per heavy atom. The van der Waals surface area contributed by atoms with Gasteiger partial charge in [-0.1, -0.05) is 0 Å². The molecule has 106 valence electrons. The van der Waals surface area contributed by atoms with E-state index in [1.807, 2.05) is 14.0 Å². The highest BCUT2D eigenvalue weighted by atomic mass is 19.1. The van der Waals surface area contributed by atoms with E-state index in [1.54, 1.807) is 12.1 Å². The highest BCUT2D eigenvalue weighted by Gasteiger charge is 2.13. The van der Waals surface area contributed by atoms with Crippen molar-refractivity contribution in [3.05, 3.63) is 29.6 Å². The zero-order chi connectivity index (χ0) is 13.7. The highest BCUT2D eigenvalue weighted by molar-refractivity contribution is 5.36. The first kappa shape index (κ1) is 14.3. The Morgan fingerprint density at radius 2 is 2.11 bits per heavy atom. The predicted molar refractivity (Wildman–Crippen MR) is 75.0 cm³/mol. The second-order valence-corrected chi connectivity index (χ2v) is 5.09. The first-order chi connectivity index (χ1) is 9.20. The molecule has 0 amide bonds. The third-order valence-corrected chi connectivity index (χ3v) is 3.74. The lowest BCUT2D eigenvalue weighted by atomic mass is 10.1. The van der Waals surface area contributed by atoms with Gasteiger partial charge in [0.05, 0.1) is 0 Å². The molecule has 1 atom stereocenters. The molecule has 19 heavy (non-hydrogen) atoms. The molecule has 1 aliphatic rings. The number of rotatable bonds is 6. The lowest BCUT2D eigenvalue weighted by Gasteiger charge is -2.19. The predicted octanol–water partition coefficient (Wildman–Crippen LogP) is 2.58. The molecule has 1 aliphatic heterocycles. The number of hydrogen-bond donors (Lipinski definition) is 1. The quantitative estimate of drug-likeness (QED) is 0.856. The Morgan fingerprint density at radius 3 is 2.79 bits per heavy atom. The SMILES string of the molecule is CNC(C)c1cc(F)ccc1OCCN1CCCC1. The molecule has 3 nitrogen and oxygen atoms in total. The van der Waals surface area contributed by atoms with Gasteiger partial charge in [0.25, 0.3) is 0 Å². The molecule has 2 rings (SSSR count). The normalized spacial score (nSPS) is 17.6. The van der Waals surface area contributed by atoms with Gasteiger partial charge in [0.15, 0.2) is 0 Å². The molecule has 1 aromatic carbocycles. The average Bonchev–Trinajstić information content (AvgIpc) is 2.92. The van der Waals surface area contributed by atoms with Crippen LogP contribution in [0.15, 0.2) is 18.2 Å². The first-order valence-corrected chi connectivity index (χ1v) is 7.02. The van der Waals surface area contributed by atoms with E-state index in [2.05, 4.69) is 10.2 Å². The Labute approximate surface area is 114 Å². The standard InChI is InChI=1S/C15H23FN2O/c1-12(17-2)14-11-13(16)5-6-15(14)19-10-9-18-7-3-4-8-18/h5-6,11-12,17H,3-4,7-10H2,1-2H3. The van der Waals surface area contributed by atoms with Crippen LogP contribution in [-0.2, 0) is 0 Å². The van der Waals surface area contributed by atoms with Crippen LogP contribution in [0.5, 0.6) is 5.75 Å². The molecule has 1 fully saturated rings. The second kappa shape index (κ2) is 6.87. The Hall–Kier alpha value is -1.13. The van der Waals surface area contributed by atoms with Crippen LogP contribution in [0.4, 0.5) is 4.39 Å². The van der Waals surface area contributed by atoms with Gasteiger partial charge in [-0.2, -0.15) is 0 Å². The summed E-state index contributed by atoms with van der Waals surface area (Å²) in [6.07, 6.45) is 2.58. The molecule has 0 radical (unpaired) electrons. The number of hydrogen-bond acceptors (Lipinski definition) is 3. The van der Waals surface area contributed by atoms with E-state index in [4.69, 9.17) is 4.74 Å². The topological polar surface area (TPSA) is 24.5 Å². The number of likely N-dealkylation sites (tertiary alicyclic amines) is 1. The van der Waals surface area contributed by atoms with Gasteiger partial charge in [0.1, 0.15) is 18.2 Å². The van der Waals surface area contributed by atoms with Crippen LogP contribution >= 0.6 is 0 Å². The summed E-state index contributed by atoms with van der Waals surface area (Å²) in [5.41, 5.74) is 0.879. The third-order valence-electron chi connectivity index (χ3n) is 3.74. The molecule has 1 N–H and O–H groups in total. The Bertz CT molecular complexity index is 405. The third kappa shape index (κ3) is 3.91. The Kier molecular flexibility index (Phi) is 5.16. The molecule has 1 saturated heterocycles. The van der Waals surface area contributed by atoms with Gasteiger partial charge >= 0.3 is 0 Å². The number of halogens is 1. The van der Waals surface area contributed by atoms with E-state index in [0.717, 1.165) is 17.9 Å². The molecule has 0 aliphatic carbocycles. The molecule has 0 saturated carbocycles. The zero-order valence-electron chi connectivity index (χ0n) is 11.8. The maximum atomic E-state index is 13.3. The fourth-order valence-electron chi connectivity index (χ4n) is 2.44. The van der Waals surface area contributed by atoms with Crippen molar-refractivity contribution in [3.8, 4) is 5.75 Å². The van der Waals surface area contributed by atoms with Crippen LogP contribution in [0.3, 0.4) is 0 Å². The monoisotopic (exact) mass is 266 g/mol. The van der Waals surface area contributed by atoms with Gasteiger partial charge in [-0.3, -0.25) is 4.90 Å². The minimum atomic E-state index is -0.219. The van der Waals surface area contributed by atoms with E-state index in [-0.39, 0.29) is 11.9 Å². The van der Waals surface area contributed by atoms with Crippen molar-refractivity contribution in [2.45, 2.75) is 25.8 Å². The van der Waals surface area contributed by atoms with Crippen molar-refractivity contribution in [3.63, 3.8) is 0 Å². The van der Waals surface area contributed by atoms with Crippen LogP contribution < -0.4 is 10.1 Å². The summed E-state index contributed by atoms with van der Waals surface area (Å²) in [6.45, 7) is 5.96. The number of ether oxygens (including phenoxy) is 1. The first-order valence-electron chi connectivity index (χ1n) is 7.02. The minimum Gasteiger partial charge on any atom is -0.492 e. The van der Waals surface area contributed by atoms with Crippen LogP contribution in [0.1, 0.15) is 31.4 Å². The van der Waals surface area contributed by atoms with E-state index >= 15 is 0 Å². The van der Waals surface area contributed by atoms with E-state index in [1.165, 1.54) is 32.0 Å². The molecule has 4 heteroatoms. The highest BCUT2D eigenvalue weighted by Crippen LogP contribution is 2.26. The molecular weight excluding hydrogens is 243 g/mol. The van der Waals surface area contributed by atoms with Gasteiger partial charge in [-0.05, 0) is 58.1 Å². The van der Waals surface area contributed by atoms with E-state index in [9.17, 15) is 4.39 Å². The fraction of sp³-hybridized carbons (Fsp3) is 0.600. The smallest absolute Gasteiger partial charge is 0.124 e. The zero-order valence-corrected chi connectivity index (χ0v) is 11.8. The number of benzene rings is 1. The average molecular weight is 266 g/mol. The van der Waals surface area contributed by atoms with Gasteiger partial charge in [-0.15, -0.1) is 0 Å². The van der Waals surface area contributed by atoms with Gasteiger partial charge < -0.3 is 10.1 Å². The molecular formula is C15H23FN2O. The summed E-state index contributed by atoms with van der Waals surface area (Å²) < 4.78 is 19.1. The summed E-state index contributed by atoms with van der Waals surface area (Å²) >= 11 is 0. The van der Waals surface area contributed by atoms with Crippen LogP contribution in [0.25, 0.3) is 0 Å². The lowest BCUT2D eigenvalue weighted by Crippen LogP contribution is -2.25. The summed E-state index contributed by atoms with van der Waals surface area (Å²) in [6, 6.07) is 4.81. The molecule has 1 aromatic rings. The van der Waals surface area contributed by atoms with E-state index in [0.29, 0.717) is 6.61 Å². The van der Waals surface area contributed by atoms with Gasteiger partial charge in [-0.25, -0.2) is 4.39 Å². The summed E-state index contributed by atoms with van der Waals surface area (Å²) in [7, 11) is 1.86. The van der Waals surface area contributed by atoms with Crippen molar-refractivity contribution in [2.75, 3.05) is 33.3 Å². The van der Waals surface area contributed by atoms with Crippen molar-refractivity contribution < 1.29 is 9.13 Å². The summed E-state index contributed by atoms with van der Waals surface area (Å²) in [5.74, 6) is 0.562. The van der Waals surface area contributed by atoms with Gasteiger partial charge in [0, 0.05) is 18.2 Å². The van der Waals surface area contributed by atoms with Crippen molar-refractivity contribution >= 4 is 0 Å². The van der Waals surface area contributed by atoms with Crippen molar-refractivity contribution in [1.82, 2.24) is 10.2 Å². The van der Waals surface area contributed by atoms with Crippen LogP contribution in [0.2, 0.25) is 0 Å². The lowest BCUT2D eigenvalue weighted by molar-refractivity contribution is 0.235. The summed E-state index contributed by atoms with van der Waals surface area (Å²) in [5, 5.41) is 3.12. The molecule has 1 heterocycles. The number of nitrogens with zero attached hydrogens (tertiary/aromatic N) is 1. The van der Waals surface area contributed by atoms with Crippen LogP contribution in [-0.4, -0.2) is 38.2 Å². The number of nitrogens with one attached hydrogen (secondary N) is 1. The maximum absolute atomic E-state index is 13.3.